The molecule has 2 aliphatic heterocycles. The Kier molecular flexibility index (Phi) is 5.59. The smallest absolute Gasteiger partial charge is 0.351 e. The maximum absolute atomic E-state index is 13.3. The van der Waals surface area contributed by atoms with Crippen LogP contribution in [-0.4, -0.2) is 68.7 Å². The van der Waals surface area contributed by atoms with Gasteiger partial charge < -0.3 is 15.2 Å². The Morgan fingerprint density at radius 3 is 2.71 bits per heavy atom. The fraction of sp³-hybridized carbons (Fsp3) is 0.435. The number of carbonyl (C=O) groups is 2. The molecule has 180 valence electrons. The van der Waals surface area contributed by atoms with E-state index >= 15 is 0 Å². The van der Waals surface area contributed by atoms with Gasteiger partial charge in [0.15, 0.2) is 5.82 Å². The second kappa shape index (κ2) is 8.46. The molecule has 0 aliphatic carbocycles. The molecule has 2 amide bonds. The average Bonchev–Trinajstić information content (AvgIpc) is 3.41. The molecular weight excluding hydrogens is 449 g/mol. The predicted octanol–water partition coefficient (Wildman–Crippen LogP) is 3.23. The minimum Gasteiger partial charge on any atom is -0.351 e. The van der Waals surface area contributed by atoms with Crippen LogP contribution in [0.25, 0.3) is 10.9 Å². The average molecular weight is 474 g/mol. The molecule has 2 atom stereocenters. The molecule has 2 unspecified atom stereocenters. The molecule has 1 fully saturated rings. The molecule has 34 heavy (non-hydrogen) atoms. The molecule has 3 aromatic rings. The number of rotatable bonds is 3. The number of para-hydroxylation sites is 1. The standard InChI is InChI=1S/C23H25F3N6O2/c1-30-7-6-15(11-19(30)23(24,25)26)21(33)28-20-12-16-13-31(8-9-32(16)29-20)22(34)18-10-14-4-2-3-5-17(14)27-18/h2-5,10,12,15,19,27H,6-9,11,13H2,1H3,(H,28,29,33). The normalized spacial score (nSPS) is 21.5. The summed E-state index contributed by atoms with van der Waals surface area (Å²) >= 11 is 0. The van der Waals surface area contributed by atoms with Gasteiger partial charge in [0.05, 0.1) is 18.8 Å². The fourth-order valence-electron chi connectivity index (χ4n) is 4.79. The lowest BCUT2D eigenvalue weighted by Gasteiger charge is -2.37. The number of aromatic nitrogens is 3. The Balaban J connectivity index is 1.24. The van der Waals surface area contributed by atoms with Gasteiger partial charge in [-0.2, -0.15) is 18.3 Å². The second-order valence-electron chi connectivity index (χ2n) is 8.99. The van der Waals surface area contributed by atoms with Crippen LogP contribution in [0.4, 0.5) is 19.0 Å². The van der Waals surface area contributed by atoms with Gasteiger partial charge in [-0.3, -0.25) is 19.2 Å². The van der Waals surface area contributed by atoms with Crippen LogP contribution in [0, 0.1) is 5.92 Å². The maximum Gasteiger partial charge on any atom is 0.404 e. The van der Waals surface area contributed by atoms with Crippen LogP contribution in [0.5, 0.6) is 0 Å². The summed E-state index contributed by atoms with van der Waals surface area (Å²) in [6.45, 7) is 1.44. The molecule has 0 saturated carbocycles. The molecule has 2 aromatic heterocycles. The van der Waals surface area contributed by atoms with Gasteiger partial charge in [-0.05, 0) is 38.6 Å². The Morgan fingerprint density at radius 1 is 1.15 bits per heavy atom. The molecule has 11 heteroatoms. The van der Waals surface area contributed by atoms with Crippen molar-refractivity contribution in [3.63, 3.8) is 0 Å². The SMILES string of the molecule is CN1CCC(C(=O)Nc2cc3n(n2)CCN(C(=O)c2cc4ccccc4[nH]2)C3)CC1C(F)(F)F. The van der Waals surface area contributed by atoms with Gasteiger partial charge in [-0.15, -0.1) is 0 Å². The molecular formula is C23H25F3N6O2. The van der Waals surface area contributed by atoms with E-state index in [1.807, 2.05) is 30.3 Å². The van der Waals surface area contributed by atoms with E-state index in [4.69, 9.17) is 0 Å². The van der Waals surface area contributed by atoms with Gasteiger partial charge in [-0.25, -0.2) is 0 Å². The molecule has 4 heterocycles. The monoisotopic (exact) mass is 474 g/mol. The van der Waals surface area contributed by atoms with Crippen molar-refractivity contribution in [3.05, 3.63) is 47.8 Å². The molecule has 5 rings (SSSR count). The highest BCUT2D eigenvalue weighted by atomic mass is 19.4. The number of nitrogens with zero attached hydrogens (tertiary/aromatic N) is 4. The first-order valence-electron chi connectivity index (χ1n) is 11.2. The van der Waals surface area contributed by atoms with Crippen molar-refractivity contribution in [2.24, 2.45) is 5.92 Å². The van der Waals surface area contributed by atoms with E-state index in [0.717, 1.165) is 16.6 Å². The van der Waals surface area contributed by atoms with Crippen LogP contribution in [0.2, 0.25) is 0 Å². The number of nitrogens with one attached hydrogen (secondary N) is 2. The third kappa shape index (κ3) is 4.27. The first-order valence-corrected chi connectivity index (χ1v) is 11.2. The number of benzene rings is 1. The maximum atomic E-state index is 13.3. The third-order valence-electron chi connectivity index (χ3n) is 6.72. The summed E-state index contributed by atoms with van der Waals surface area (Å²) in [5, 5.41) is 8.02. The van der Waals surface area contributed by atoms with Gasteiger partial charge in [0, 0.05) is 29.4 Å². The number of fused-ring (bicyclic) bond motifs is 2. The van der Waals surface area contributed by atoms with Gasteiger partial charge in [0.2, 0.25) is 5.91 Å². The summed E-state index contributed by atoms with van der Waals surface area (Å²) in [5.74, 6) is -1.02. The summed E-state index contributed by atoms with van der Waals surface area (Å²) in [5.41, 5.74) is 2.14. The van der Waals surface area contributed by atoms with Crippen LogP contribution in [0.3, 0.4) is 0 Å². The quantitative estimate of drug-likeness (QED) is 0.611. The third-order valence-corrected chi connectivity index (χ3v) is 6.72. The minimum absolute atomic E-state index is 0.126. The Hall–Kier alpha value is -3.34. The number of likely N-dealkylation sites (tertiary alicyclic amines) is 1. The summed E-state index contributed by atoms with van der Waals surface area (Å²) in [4.78, 5) is 31.8. The Morgan fingerprint density at radius 2 is 1.94 bits per heavy atom. The highest BCUT2D eigenvalue weighted by Gasteiger charge is 2.46. The van der Waals surface area contributed by atoms with Crippen molar-refractivity contribution >= 4 is 28.5 Å². The number of carbonyl (C=O) groups excluding carboxylic acids is 2. The molecule has 0 bridgehead atoms. The van der Waals surface area contributed by atoms with Crippen LogP contribution >= 0.6 is 0 Å². The molecule has 8 nitrogen and oxygen atoms in total. The summed E-state index contributed by atoms with van der Waals surface area (Å²) in [6, 6.07) is 9.53. The van der Waals surface area contributed by atoms with Gasteiger partial charge >= 0.3 is 6.18 Å². The minimum atomic E-state index is -4.37. The second-order valence-corrected chi connectivity index (χ2v) is 8.99. The number of alkyl halides is 3. The van der Waals surface area contributed by atoms with E-state index in [-0.39, 0.29) is 18.9 Å². The summed E-state index contributed by atoms with van der Waals surface area (Å²) < 4.78 is 41.5. The zero-order valence-electron chi connectivity index (χ0n) is 18.6. The zero-order chi connectivity index (χ0) is 24.0. The van der Waals surface area contributed by atoms with Crippen LogP contribution in [0.1, 0.15) is 29.0 Å². The lowest BCUT2D eigenvalue weighted by atomic mass is 9.90. The van der Waals surface area contributed by atoms with Gasteiger partial charge in [0.1, 0.15) is 11.7 Å². The number of piperidine rings is 1. The number of hydrogen-bond acceptors (Lipinski definition) is 4. The fourth-order valence-corrected chi connectivity index (χ4v) is 4.79. The van der Waals surface area contributed by atoms with Crippen molar-refractivity contribution < 1.29 is 22.8 Å². The lowest BCUT2D eigenvalue weighted by molar-refractivity contribution is -0.191. The van der Waals surface area contributed by atoms with Crippen molar-refractivity contribution in [2.75, 3.05) is 25.5 Å². The van der Waals surface area contributed by atoms with E-state index in [1.165, 1.54) is 11.9 Å². The van der Waals surface area contributed by atoms with Crippen molar-refractivity contribution in [2.45, 2.75) is 38.1 Å². The first-order chi connectivity index (χ1) is 16.2. The topological polar surface area (TPSA) is 86.3 Å². The number of anilines is 1. The van der Waals surface area contributed by atoms with E-state index in [1.54, 1.807) is 15.6 Å². The van der Waals surface area contributed by atoms with Crippen molar-refractivity contribution in [1.82, 2.24) is 24.6 Å². The number of amides is 2. The number of aromatic amines is 1. The molecule has 2 aliphatic rings. The van der Waals surface area contributed by atoms with Gasteiger partial charge in [-0.1, -0.05) is 18.2 Å². The molecule has 2 N–H and O–H groups in total. The van der Waals surface area contributed by atoms with Crippen molar-refractivity contribution in [1.29, 1.82) is 0 Å². The lowest BCUT2D eigenvalue weighted by Crippen LogP contribution is -2.50. The highest BCUT2D eigenvalue weighted by molar-refractivity contribution is 5.98. The zero-order valence-corrected chi connectivity index (χ0v) is 18.6. The van der Waals surface area contributed by atoms with E-state index in [2.05, 4.69) is 15.4 Å². The molecule has 0 radical (unpaired) electrons. The Labute approximate surface area is 193 Å². The van der Waals surface area contributed by atoms with Crippen LogP contribution in [-0.2, 0) is 17.9 Å². The van der Waals surface area contributed by atoms with E-state index in [9.17, 15) is 22.8 Å². The van der Waals surface area contributed by atoms with E-state index < -0.39 is 24.0 Å². The first kappa shape index (κ1) is 22.5. The Bertz CT molecular complexity index is 1200. The highest BCUT2D eigenvalue weighted by Crippen LogP contribution is 2.34. The molecule has 1 saturated heterocycles. The van der Waals surface area contributed by atoms with Crippen LogP contribution in [0.15, 0.2) is 36.4 Å². The summed E-state index contributed by atoms with van der Waals surface area (Å²) in [6.07, 6.45) is -4.29. The predicted molar refractivity (Wildman–Crippen MR) is 119 cm³/mol. The molecule has 1 aromatic carbocycles. The van der Waals surface area contributed by atoms with Crippen LogP contribution < -0.4 is 5.32 Å². The van der Waals surface area contributed by atoms with Crippen molar-refractivity contribution in [3.8, 4) is 0 Å². The number of H-pyrrole nitrogens is 1. The van der Waals surface area contributed by atoms with Gasteiger partial charge in [0.25, 0.3) is 5.91 Å². The molecule has 0 spiro atoms. The summed E-state index contributed by atoms with van der Waals surface area (Å²) in [7, 11) is 1.43. The van der Waals surface area contributed by atoms with E-state index in [0.29, 0.717) is 37.6 Å². The number of hydrogen-bond donors (Lipinski definition) is 2. The largest absolute Gasteiger partial charge is 0.404 e. The number of halogens is 3.